The Hall–Kier alpha value is 1.41. The van der Waals surface area contributed by atoms with Crippen LogP contribution in [0.15, 0.2) is 0 Å². The Labute approximate surface area is 285 Å². The molecule has 0 aromatic carbocycles. The van der Waals surface area contributed by atoms with Crippen molar-refractivity contribution in [2.24, 2.45) is 52.3 Å². The number of Topliss-reactive ketones (excluding diaryl/α,β-unsaturated/α-hetero) is 1. The quantitative estimate of drug-likeness (QED) is 0.172. The van der Waals surface area contributed by atoms with Gasteiger partial charge in [-0.05, 0) is 84.9 Å². The van der Waals surface area contributed by atoms with Crippen molar-refractivity contribution in [1.82, 2.24) is 0 Å². The molecule has 13 heteroatoms. The Morgan fingerprint density at radius 3 is 2.02 bits per heavy atom. The van der Waals surface area contributed by atoms with Gasteiger partial charge in [0.2, 0.25) is 20.8 Å². The topological polar surface area (TPSA) is 150 Å². The molecule has 0 heterocycles. The fraction of sp³-hybridized carbons (Fsp3) is 0.963. The summed E-state index contributed by atoms with van der Waals surface area (Å²) >= 11 is 0. The van der Waals surface area contributed by atoms with Gasteiger partial charge in [0.15, 0.2) is 0 Å². The van der Waals surface area contributed by atoms with Crippen molar-refractivity contribution in [3.8, 4) is 0 Å². The molecule has 4 rings (SSSR count). The van der Waals surface area contributed by atoms with Crippen molar-refractivity contribution in [3.63, 3.8) is 0 Å². The molecule has 4 unspecified atom stereocenters. The van der Waals surface area contributed by atoms with Crippen LogP contribution < -0.4 is 59.1 Å². The van der Waals surface area contributed by atoms with E-state index in [9.17, 15) is 30.7 Å². The molecule has 220 valence electrons. The van der Waals surface area contributed by atoms with E-state index in [1.807, 2.05) is 6.92 Å². The maximum atomic E-state index is 13.6. The smallest absolute Gasteiger partial charge is 0.726 e. The summed E-state index contributed by atoms with van der Waals surface area (Å²) in [5, 5.41) is 0. The number of carbonyl (C=O) groups is 1. The van der Waals surface area contributed by atoms with E-state index in [2.05, 4.69) is 31.9 Å². The van der Waals surface area contributed by atoms with Crippen molar-refractivity contribution in [2.45, 2.75) is 111 Å². The molecule has 0 aliphatic heterocycles. The maximum Gasteiger partial charge on any atom is 1.00 e. The first-order chi connectivity index (χ1) is 17.4. The second kappa shape index (κ2) is 13.8. The van der Waals surface area contributed by atoms with E-state index in [0.717, 1.165) is 25.7 Å². The number of ketones is 1. The summed E-state index contributed by atoms with van der Waals surface area (Å²) in [5.74, 6) is 2.00. The Balaban J connectivity index is 0.00000280. The summed E-state index contributed by atoms with van der Waals surface area (Å²) in [4.78, 5) is 13.6. The zero-order chi connectivity index (χ0) is 28.3. The number of hydrogen-bond acceptors (Lipinski definition) is 9. The summed E-state index contributed by atoms with van der Waals surface area (Å²) in [7, 11) is -10.4. The Morgan fingerprint density at radius 2 is 1.45 bits per heavy atom. The number of rotatable bonds is 9. The molecule has 40 heavy (non-hydrogen) atoms. The van der Waals surface area contributed by atoms with Crippen LogP contribution in [0.5, 0.6) is 0 Å². The van der Waals surface area contributed by atoms with Crippen LogP contribution in [0.1, 0.15) is 98.8 Å². The zero-order valence-electron chi connectivity index (χ0n) is 25.3. The average molecular weight is 623 g/mol. The van der Waals surface area contributed by atoms with Crippen LogP contribution in [-0.4, -0.2) is 43.9 Å². The van der Waals surface area contributed by atoms with E-state index in [1.54, 1.807) is 0 Å². The molecule has 9 nitrogen and oxygen atoms in total. The molecule has 0 aromatic heterocycles. The number of carbonyl (C=O) groups excluding carboxylic acids is 1. The van der Waals surface area contributed by atoms with Crippen LogP contribution in [-0.2, 0) is 34.0 Å². The largest absolute Gasteiger partial charge is 1.00 e. The molecular weight excluding hydrogens is 578 g/mol. The molecule has 4 aliphatic rings. The first kappa shape index (κ1) is 37.6. The van der Waals surface area contributed by atoms with Gasteiger partial charge in [0.25, 0.3) is 0 Å². The zero-order valence-corrected chi connectivity index (χ0v) is 30.9. The van der Waals surface area contributed by atoms with E-state index in [0.29, 0.717) is 30.1 Å². The first-order valence-corrected chi connectivity index (χ1v) is 16.9. The third-order valence-corrected chi connectivity index (χ3v) is 12.1. The maximum absolute atomic E-state index is 13.6. The SMILES string of the molecule is CC(C)CCCC(C)[C@H]1CCC2C3CC(=O)[C@H]4C[C@H](OS(=O)(=O)[O-])[C@@H](OS(=O)(=O)[O-])C[C@]4(C)C3CC[C@@]21C.[Na+].[Na+]. The third kappa shape index (κ3) is 7.97. The van der Waals surface area contributed by atoms with Crippen molar-refractivity contribution in [3.05, 3.63) is 0 Å². The Bertz CT molecular complexity index is 1120. The van der Waals surface area contributed by atoms with Crippen molar-refractivity contribution in [2.75, 3.05) is 0 Å². The van der Waals surface area contributed by atoms with Gasteiger partial charge in [-0.1, -0.05) is 53.9 Å². The van der Waals surface area contributed by atoms with Gasteiger partial charge < -0.3 is 9.11 Å². The van der Waals surface area contributed by atoms with Crippen LogP contribution in [0.25, 0.3) is 0 Å². The van der Waals surface area contributed by atoms with E-state index in [4.69, 9.17) is 4.18 Å². The van der Waals surface area contributed by atoms with Crippen molar-refractivity contribution >= 4 is 26.6 Å². The van der Waals surface area contributed by atoms with Gasteiger partial charge in [-0.15, -0.1) is 0 Å². The molecule has 4 aliphatic carbocycles. The molecule has 0 bridgehead atoms. The molecule has 0 saturated heterocycles. The fourth-order valence-corrected chi connectivity index (χ4v) is 10.6. The van der Waals surface area contributed by atoms with Crippen LogP contribution in [0, 0.1) is 52.3 Å². The van der Waals surface area contributed by atoms with Gasteiger partial charge in [0, 0.05) is 12.3 Å². The second-order valence-electron chi connectivity index (χ2n) is 13.7. The van der Waals surface area contributed by atoms with E-state index in [1.165, 1.54) is 19.3 Å². The second-order valence-corrected chi connectivity index (χ2v) is 15.7. The standard InChI is InChI=1S/C27H46O9S2.2Na/c1-16(2)7-6-8-17(3)19-9-10-20-18-13-23(28)22-14-24(35-37(29,30)31)25(36-38(32,33)34)15-27(22,5)21(18)11-12-26(19,20)4;;/h16-22,24-25H,6-15H2,1-5H3,(H,29,30,31)(H,32,33,34);;/q;2*+1/p-2/t17?,18?,19-,20?,21?,22-,24+,25+,26-,27-;;/m1../s1. The minimum absolute atomic E-state index is 0. The predicted molar refractivity (Wildman–Crippen MR) is 138 cm³/mol. The molecule has 10 atom stereocenters. The van der Waals surface area contributed by atoms with Crippen molar-refractivity contribution in [1.29, 1.82) is 0 Å². The van der Waals surface area contributed by atoms with Gasteiger partial charge in [-0.2, -0.15) is 0 Å². The van der Waals surface area contributed by atoms with Crippen LogP contribution >= 0.6 is 0 Å². The molecule has 0 radical (unpaired) electrons. The average Bonchev–Trinajstić information content (AvgIpc) is 3.10. The van der Waals surface area contributed by atoms with Gasteiger partial charge in [-0.3, -0.25) is 13.2 Å². The first-order valence-electron chi connectivity index (χ1n) is 14.3. The predicted octanol–water partition coefficient (Wildman–Crippen LogP) is -1.40. The minimum atomic E-state index is -5.19. The third-order valence-electron chi connectivity index (χ3n) is 11.1. The fourth-order valence-electron chi connectivity index (χ4n) is 9.56. The molecule has 0 aromatic rings. The van der Waals surface area contributed by atoms with Gasteiger partial charge in [0.05, 0.1) is 0 Å². The normalized spacial score (nSPS) is 40.3. The molecule has 0 N–H and O–H groups in total. The summed E-state index contributed by atoms with van der Waals surface area (Å²) < 4.78 is 77.9. The molecule has 4 saturated carbocycles. The van der Waals surface area contributed by atoms with Crippen molar-refractivity contribution < 1.29 is 98.2 Å². The van der Waals surface area contributed by atoms with Gasteiger partial charge in [-0.25, -0.2) is 16.8 Å². The monoisotopic (exact) mass is 622 g/mol. The Kier molecular flexibility index (Phi) is 13.0. The number of fused-ring (bicyclic) bond motifs is 5. The summed E-state index contributed by atoms with van der Waals surface area (Å²) in [6.07, 6.45) is 5.11. The van der Waals surface area contributed by atoms with Gasteiger partial charge in [0.1, 0.15) is 18.0 Å². The molecule has 4 fully saturated rings. The summed E-state index contributed by atoms with van der Waals surface area (Å²) in [5.41, 5.74) is -0.530. The molecular formula is C27H44Na2O9S2. The molecule has 0 amide bonds. The van der Waals surface area contributed by atoms with Crippen LogP contribution in [0.3, 0.4) is 0 Å². The summed E-state index contributed by atoms with van der Waals surface area (Å²) in [6.45, 7) is 11.3. The molecule has 0 spiro atoms. The van der Waals surface area contributed by atoms with E-state index < -0.39 is 44.3 Å². The minimum Gasteiger partial charge on any atom is -0.726 e. The summed E-state index contributed by atoms with van der Waals surface area (Å²) in [6, 6.07) is 0. The number of hydrogen-bond donors (Lipinski definition) is 0. The Morgan fingerprint density at radius 1 is 0.875 bits per heavy atom. The van der Waals surface area contributed by atoms with Crippen LogP contribution in [0.4, 0.5) is 0 Å². The van der Waals surface area contributed by atoms with Crippen LogP contribution in [0.2, 0.25) is 0 Å². The van der Waals surface area contributed by atoms with Gasteiger partial charge >= 0.3 is 59.1 Å². The van der Waals surface area contributed by atoms with E-state index >= 15 is 0 Å². The van der Waals surface area contributed by atoms with E-state index in [-0.39, 0.29) is 95.0 Å².